The molecule has 3 nitrogen and oxygen atoms in total. The average Bonchev–Trinajstić information content (AvgIpc) is 2.22. The van der Waals surface area contributed by atoms with E-state index in [2.05, 4.69) is 4.72 Å². The highest BCUT2D eigenvalue weighted by Crippen LogP contribution is 2.31. The first-order valence-electron chi connectivity index (χ1n) is 4.94. The number of hydrogen-bond donors (Lipinski definition) is 1. The maximum absolute atomic E-state index is 12.0. The number of nitrogens with one attached hydrogen (secondary N) is 1. The van der Waals surface area contributed by atoms with Gasteiger partial charge < -0.3 is 0 Å². The van der Waals surface area contributed by atoms with Crippen LogP contribution in [-0.2, 0) is 10.0 Å². The van der Waals surface area contributed by atoms with E-state index < -0.39 is 10.0 Å². The van der Waals surface area contributed by atoms with E-state index in [4.69, 9.17) is 34.8 Å². The molecule has 0 aromatic heterocycles. The van der Waals surface area contributed by atoms with Gasteiger partial charge in [0, 0.05) is 6.04 Å². The second-order valence-corrected chi connectivity index (χ2v) is 6.53. The van der Waals surface area contributed by atoms with Gasteiger partial charge in [0.05, 0.1) is 15.1 Å². The van der Waals surface area contributed by atoms with E-state index in [9.17, 15) is 8.42 Å². The number of sulfonamides is 1. The van der Waals surface area contributed by atoms with Crippen molar-refractivity contribution < 1.29 is 8.42 Å². The third-order valence-electron chi connectivity index (χ3n) is 2.23. The van der Waals surface area contributed by atoms with Crippen molar-refractivity contribution in [3.8, 4) is 0 Å². The Labute approximate surface area is 116 Å². The molecule has 0 saturated heterocycles. The van der Waals surface area contributed by atoms with Gasteiger partial charge >= 0.3 is 0 Å². The molecule has 0 aliphatic carbocycles. The Balaban J connectivity index is 3.20. The Morgan fingerprint density at radius 2 is 1.71 bits per heavy atom. The predicted molar refractivity (Wildman–Crippen MR) is 71.5 cm³/mol. The maximum atomic E-state index is 12.0. The van der Waals surface area contributed by atoms with Crippen LogP contribution in [0.4, 0.5) is 0 Å². The van der Waals surface area contributed by atoms with Crippen LogP contribution >= 0.6 is 34.8 Å². The molecule has 0 fully saturated rings. The second-order valence-electron chi connectivity index (χ2n) is 3.63. The first kappa shape index (κ1) is 15.1. The molecule has 96 valence electrons. The summed E-state index contributed by atoms with van der Waals surface area (Å²) in [6.45, 7) is 3.65. The lowest BCUT2D eigenvalue weighted by Crippen LogP contribution is -2.32. The molecule has 0 heterocycles. The van der Waals surface area contributed by atoms with E-state index in [0.29, 0.717) is 6.42 Å². The lowest BCUT2D eigenvalue weighted by atomic mass is 10.3. The van der Waals surface area contributed by atoms with Crippen molar-refractivity contribution in [3.63, 3.8) is 0 Å². The molecule has 1 N–H and O–H groups in total. The molecule has 0 spiro atoms. The highest BCUT2D eigenvalue weighted by atomic mass is 35.5. The van der Waals surface area contributed by atoms with Crippen LogP contribution in [0.5, 0.6) is 0 Å². The summed E-state index contributed by atoms with van der Waals surface area (Å²) in [4.78, 5) is -0.0612. The molecule has 0 radical (unpaired) electrons. The van der Waals surface area contributed by atoms with Crippen LogP contribution in [0.2, 0.25) is 15.1 Å². The molecular formula is C10H12Cl3NO2S. The molecule has 1 aromatic rings. The number of benzene rings is 1. The third-order valence-corrected chi connectivity index (χ3v) is 5.01. The molecule has 0 amide bonds. The Hall–Kier alpha value is -0.000000000000000111. The molecule has 0 aliphatic rings. The molecule has 1 unspecified atom stereocenters. The molecule has 17 heavy (non-hydrogen) atoms. The van der Waals surface area contributed by atoms with Crippen molar-refractivity contribution in [1.29, 1.82) is 0 Å². The number of rotatable bonds is 4. The van der Waals surface area contributed by atoms with Gasteiger partial charge in [-0.05, 0) is 25.5 Å². The van der Waals surface area contributed by atoms with E-state index in [1.54, 1.807) is 6.92 Å². The minimum atomic E-state index is -3.67. The van der Waals surface area contributed by atoms with Gasteiger partial charge in [0.25, 0.3) is 0 Å². The van der Waals surface area contributed by atoms with E-state index in [1.807, 2.05) is 6.92 Å². The molecule has 0 bridgehead atoms. The van der Waals surface area contributed by atoms with Crippen molar-refractivity contribution in [2.45, 2.75) is 31.2 Å². The SMILES string of the molecule is CCC(C)NS(=O)(=O)c1cc(Cl)c(Cl)cc1Cl. The zero-order valence-corrected chi connectivity index (χ0v) is 12.4. The monoisotopic (exact) mass is 315 g/mol. The average molecular weight is 317 g/mol. The van der Waals surface area contributed by atoms with Crippen LogP contribution in [0.25, 0.3) is 0 Å². The Kier molecular flexibility index (Phi) is 5.10. The topological polar surface area (TPSA) is 46.2 Å². The largest absolute Gasteiger partial charge is 0.242 e. The summed E-state index contributed by atoms with van der Waals surface area (Å²) in [7, 11) is -3.67. The van der Waals surface area contributed by atoms with E-state index in [1.165, 1.54) is 12.1 Å². The third kappa shape index (κ3) is 3.73. The van der Waals surface area contributed by atoms with E-state index in [-0.39, 0.29) is 26.0 Å². The second kappa shape index (κ2) is 5.76. The van der Waals surface area contributed by atoms with Gasteiger partial charge in [-0.25, -0.2) is 13.1 Å². The normalized spacial score (nSPS) is 13.7. The molecule has 1 aromatic carbocycles. The van der Waals surface area contributed by atoms with Crippen LogP contribution in [0.1, 0.15) is 20.3 Å². The van der Waals surface area contributed by atoms with Crippen molar-refractivity contribution >= 4 is 44.8 Å². The Morgan fingerprint density at radius 3 is 2.24 bits per heavy atom. The molecule has 1 atom stereocenters. The summed E-state index contributed by atoms with van der Waals surface area (Å²) in [6.07, 6.45) is 0.679. The fourth-order valence-corrected chi connectivity index (χ4v) is 3.45. The number of hydrogen-bond acceptors (Lipinski definition) is 2. The van der Waals surface area contributed by atoms with Gasteiger partial charge in [-0.1, -0.05) is 41.7 Å². The molecular weight excluding hydrogens is 305 g/mol. The van der Waals surface area contributed by atoms with Crippen LogP contribution in [-0.4, -0.2) is 14.5 Å². The minimum absolute atomic E-state index is 0.0511. The van der Waals surface area contributed by atoms with Crippen molar-refractivity contribution in [1.82, 2.24) is 4.72 Å². The van der Waals surface area contributed by atoms with Gasteiger partial charge in [0.2, 0.25) is 10.0 Å². The van der Waals surface area contributed by atoms with Gasteiger partial charge in [-0.2, -0.15) is 0 Å². The van der Waals surface area contributed by atoms with Crippen molar-refractivity contribution in [2.24, 2.45) is 0 Å². The standard InChI is InChI=1S/C10H12Cl3NO2S/c1-3-6(2)14-17(15,16)10-5-8(12)7(11)4-9(10)13/h4-6,14H,3H2,1-2H3. The minimum Gasteiger partial charge on any atom is -0.208 e. The zero-order chi connectivity index (χ0) is 13.2. The van der Waals surface area contributed by atoms with E-state index >= 15 is 0 Å². The lowest BCUT2D eigenvalue weighted by molar-refractivity contribution is 0.556. The van der Waals surface area contributed by atoms with Crippen molar-refractivity contribution in [2.75, 3.05) is 0 Å². The summed E-state index contributed by atoms with van der Waals surface area (Å²) in [5.41, 5.74) is 0. The van der Waals surface area contributed by atoms with Crippen LogP contribution in [0.3, 0.4) is 0 Å². The van der Waals surface area contributed by atoms with Gasteiger partial charge in [-0.3, -0.25) is 0 Å². The van der Waals surface area contributed by atoms with Gasteiger partial charge in [0.1, 0.15) is 4.90 Å². The molecule has 0 aliphatic heterocycles. The Bertz CT molecular complexity index is 517. The van der Waals surface area contributed by atoms with Crippen LogP contribution in [0.15, 0.2) is 17.0 Å². The van der Waals surface area contributed by atoms with Crippen LogP contribution < -0.4 is 4.72 Å². The smallest absolute Gasteiger partial charge is 0.208 e. The summed E-state index contributed by atoms with van der Waals surface area (Å²) < 4.78 is 26.5. The van der Waals surface area contributed by atoms with Crippen molar-refractivity contribution in [3.05, 3.63) is 27.2 Å². The number of halogens is 3. The highest BCUT2D eigenvalue weighted by Gasteiger charge is 2.21. The highest BCUT2D eigenvalue weighted by molar-refractivity contribution is 7.89. The lowest BCUT2D eigenvalue weighted by Gasteiger charge is -2.13. The van der Waals surface area contributed by atoms with Gasteiger partial charge in [0.15, 0.2) is 0 Å². The molecule has 0 saturated carbocycles. The Morgan fingerprint density at radius 1 is 1.18 bits per heavy atom. The first-order chi connectivity index (χ1) is 7.77. The summed E-state index contributed by atoms with van der Waals surface area (Å²) in [6, 6.07) is 2.39. The van der Waals surface area contributed by atoms with Gasteiger partial charge in [-0.15, -0.1) is 0 Å². The first-order valence-corrected chi connectivity index (χ1v) is 7.56. The fraction of sp³-hybridized carbons (Fsp3) is 0.400. The summed E-state index contributed by atoms with van der Waals surface area (Å²) in [5, 5.41) is 0.426. The van der Waals surface area contributed by atoms with Crippen LogP contribution in [0, 0.1) is 0 Å². The predicted octanol–water partition coefficient (Wildman–Crippen LogP) is 3.72. The molecule has 1 rings (SSSR count). The quantitative estimate of drug-likeness (QED) is 0.860. The van der Waals surface area contributed by atoms with E-state index in [0.717, 1.165) is 0 Å². The fourth-order valence-electron chi connectivity index (χ4n) is 1.12. The summed E-state index contributed by atoms with van der Waals surface area (Å²) >= 11 is 17.4. The maximum Gasteiger partial charge on any atom is 0.242 e. The summed E-state index contributed by atoms with van der Waals surface area (Å²) in [5.74, 6) is 0. The zero-order valence-electron chi connectivity index (χ0n) is 9.30. The molecule has 7 heteroatoms.